The predicted molar refractivity (Wildman–Crippen MR) is 126 cm³/mol. The Bertz CT molecular complexity index is 1030. The number of amides is 2. The van der Waals surface area contributed by atoms with E-state index < -0.39 is 0 Å². The molecule has 0 bridgehead atoms. The molecule has 0 radical (unpaired) electrons. The lowest BCUT2D eigenvalue weighted by atomic mass is 10.2. The van der Waals surface area contributed by atoms with Crippen LogP contribution in [0.1, 0.15) is 42.5 Å². The van der Waals surface area contributed by atoms with Gasteiger partial charge >= 0.3 is 0 Å². The molecule has 174 valence electrons. The van der Waals surface area contributed by atoms with Gasteiger partial charge in [0.1, 0.15) is 4.83 Å². The first kappa shape index (κ1) is 22.9. The highest BCUT2D eigenvalue weighted by molar-refractivity contribution is 7.18. The fourth-order valence-electron chi connectivity index (χ4n) is 4.57. The zero-order chi connectivity index (χ0) is 22.7. The molecule has 9 heteroatoms. The summed E-state index contributed by atoms with van der Waals surface area (Å²) >= 11 is 1.53. The molecular formula is C23H33N5O3S. The van der Waals surface area contributed by atoms with E-state index in [2.05, 4.69) is 9.88 Å². The Morgan fingerprint density at radius 3 is 2.28 bits per heavy atom. The Hall–Kier alpha value is -2.26. The van der Waals surface area contributed by atoms with Gasteiger partial charge in [-0.1, -0.05) is 12.8 Å². The minimum atomic E-state index is -0.0681. The van der Waals surface area contributed by atoms with Gasteiger partial charge in [-0.25, -0.2) is 4.98 Å². The van der Waals surface area contributed by atoms with Gasteiger partial charge in [-0.2, -0.15) is 0 Å². The average Bonchev–Trinajstić information content (AvgIpc) is 2.96. The largest absolute Gasteiger partial charge is 0.342 e. The van der Waals surface area contributed by atoms with E-state index in [1.165, 1.54) is 24.2 Å². The maximum atomic E-state index is 12.8. The number of fused-ring (bicyclic) bond motifs is 1. The second-order valence-corrected chi connectivity index (χ2v) is 10.1. The van der Waals surface area contributed by atoms with E-state index in [-0.39, 0.29) is 23.8 Å². The van der Waals surface area contributed by atoms with Crippen molar-refractivity contribution in [2.24, 2.45) is 0 Å². The first-order valence-corrected chi connectivity index (χ1v) is 12.5. The van der Waals surface area contributed by atoms with Gasteiger partial charge < -0.3 is 9.80 Å². The minimum absolute atomic E-state index is 0.0497. The Balaban J connectivity index is 1.26. The van der Waals surface area contributed by atoms with E-state index in [0.717, 1.165) is 41.2 Å². The van der Waals surface area contributed by atoms with Gasteiger partial charge in [0, 0.05) is 57.1 Å². The van der Waals surface area contributed by atoms with Crippen LogP contribution in [0.3, 0.4) is 0 Å². The van der Waals surface area contributed by atoms with Crippen LogP contribution in [-0.4, -0.2) is 81.9 Å². The van der Waals surface area contributed by atoms with E-state index in [0.29, 0.717) is 44.7 Å². The molecule has 2 aromatic rings. The van der Waals surface area contributed by atoms with Crippen molar-refractivity contribution in [1.29, 1.82) is 0 Å². The van der Waals surface area contributed by atoms with Crippen molar-refractivity contribution in [3.63, 3.8) is 0 Å². The number of piperazine rings is 1. The van der Waals surface area contributed by atoms with Crippen LogP contribution in [0.15, 0.2) is 11.1 Å². The molecule has 8 nitrogen and oxygen atoms in total. The quantitative estimate of drug-likeness (QED) is 0.684. The minimum Gasteiger partial charge on any atom is -0.342 e. The normalized spacial score (nSPS) is 18.2. The van der Waals surface area contributed by atoms with Crippen molar-refractivity contribution in [1.82, 2.24) is 24.3 Å². The molecule has 2 fully saturated rings. The molecule has 0 N–H and O–H groups in total. The molecule has 4 heterocycles. The zero-order valence-corrected chi connectivity index (χ0v) is 20.0. The molecule has 2 saturated heterocycles. The van der Waals surface area contributed by atoms with Gasteiger partial charge in [0.15, 0.2) is 0 Å². The number of aryl methyl sites for hydroxylation is 3. The number of hydrogen-bond donors (Lipinski definition) is 0. The summed E-state index contributed by atoms with van der Waals surface area (Å²) in [6, 6.07) is 0. The Labute approximate surface area is 192 Å². The Morgan fingerprint density at radius 1 is 0.938 bits per heavy atom. The maximum absolute atomic E-state index is 12.8. The first-order chi connectivity index (χ1) is 15.4. The fraction of sp³-hybridized carbons (Fsp3) is 0.652. The topological polar surface area (TPSA) is 78.8 Å². The molecule has 0 aliphatic carbocycles. The molecule has 4 rings (SSSR count). The molecule has 0 aromatic carbocycles. The monoisotopic (exact) mass is 459 g/mol. The summed E-state index contributed by atoms with van der Waals surface area (Å²) < 4.78 is 1.55. The highest BCUT2D eigenvalue weighted by Crippen LogP contribution is 2.25. The standard InChI is InChI=1S/C23H33N5O3S/c1-17-18(2)32-22-21(17)23(31)28(16-24-22)10-7-19(29)27-13-11-25(12-14-27)15-20(30)26-8-5-3-4-6-9-26/h16H,3-15H2,1-2H3. The Kier molecular flexibility index (Phi) is 7.25. The van der Waals surface area contributed by atoms with Crippen LogP contribution >= 0.6 is 11.3 Å². The third-order valence-corrected chi connectivity index (χ3v) is 7.88. The van der Waals surface area contributed by atoms with Crippen molar-refractivity contribution in [3.8, 4) is 0 Å². The molecular weight excluding hydrogens is 426 g/mol. The van der Waals surface area contributed by atoms with E-state index >= 15 is 0 Å². The lowest BCUT2D eigenvalue weighted by Crippen LogP contribution is -2.51. The first-order valence-electron chi connectivity index (χ1n) is 11.7. The van der Waals surface area contributed by atoms with Gasteiger partial charge in [-0.05, 0) is 32.3 Å². The lowest BCUT2D eigenvalue weighted by molar-refractivity contribution is -0.135. The van der Waals surface area contributed by atoms with Crippen LogP contribution < -0.4 is 5.56 Å². The van der Waals surface area contributed by atoms with Gasteiger partial charge in [-0.3, -0.25) is 23.9 Å². The zero-order valence-electron chi connectivity index (χ0n) is 19.1. The summed E-state index contributed by atoms with van der Waals surface area (Å²) in [5.41, 5.74) is 0.913. The summed E-state index contributed by atoms with van der Waals surface area (Å²) in [5, 5.41) is 0.671. The van der Waals surface area contributed by atoms with Crippen molar-refractivity contribution in [3.05, 3.63) is 27.1 Å². The summed E-state index contributed by atoms with van der Waals surface area (Å²) in [5.74, 6) is 0.265. The lowest BCUT2D eigenvalue weighted by Gasteiger charge is -2.35. The van der Waals surface area contributed by atoms with Crippen LogP contribution in [-0.2, 0) is 16.1 Å². The number of likely N-dealkylation sites (tertiary alicyclic amines) is 1. The van der Waals surface area contributed by atoms with E-state index in [9.17, 15) is 14.4 Å². The smallest absolute Gasteiger partial charge is 0.262 e. The van der Waals surface area contributed by atoms with Crippen LogP contribution in [0.25, 0.3) is 10.2 Å². The fourth-order valence-corrected chi connectivity index (χ4v) is 5.56. The third kappa shape index (κ3) is 5.04. The molecule has 2 aliphatic rings. The molecule has 0 saturated carbocycles. The molecule has 0 unspecified atom stereocenters. The van der Waals surface area contributed by atoms with Gasteiger partial charge in [0.2, 0.25) is 11.8 Å². The van der Waals surface area contributed by atoms with Crippen molar-refractivity contribution >= 4 is 33.4 Å². The van der Waals surface area contributed by atoms with Crippen molar-refractivity contribution < 1.29 is 9.59 Å². The van der Waals surface area contributed by atoms with Crippen LogP contribution in [0.4, 0.5) is 0 Å². The molecule has 0 spiro atoms. The van der Waals surface area contributed by atoms with Crippen molar-refractivity contribution in [2.45, 2.75) is 52.5 Å². The Morgan fingerprint density at radius 2 is 1.59 bits per heavy atom. The molecule has 2 aliphatic heterocycles. The van der Waals surface area contributed by atoms with Gasteiger partial charge in [0.05, 0.1) is 18.3 Å². The average molecular weight is 460 g/mol. The number of thiophene rings is 1. The summed E-state index contributed by atoms with van der Waals surface area (Å²) in [7, 11) is 0. The molecule has 2 amide bonds. The maximum Gasteiger partial charge on any atom is 0.262 e. The number of aromatic nitrogens is 2. The number of nitrogens with zero attached hydrogens (tertiary/aromatic N) is 5. The summed E-state index contributed by atoms with van der Waals surface area (Å²) in [6.45, 7) is 9.16. The van der Waals surface area contributed by atoms with Crippen LogP contribution in [0, 0.1) is 13.8 Å². The van der Waals surface area contributed by atoms with Crippen LogP contribution in [0.5, 0.6) is 0 Å². The molecule has 2 aromatic heterocycles. The second-order valence-electron chi connectivity index (χ2n) is 8.91. The number of carbonyl (C=O) groups excluding carboxylic acids is 2. The summed E-state index contributed by atoms with van der Waals surface area (Å²) in [6.07, 6.45) is 6.47. The SMILES string of the molecule is Cc1sc2ncn(CCC(=O)N3CCN(CC(=O)N4CCCCCC4)CC3)c(=O)c2c1C. The number of rotatable bonds is 5. The van der Waals surface area contributed by atoms with Crippen LogP contribution in [0.2, 0.25) is 0 Å². The third-order valence-electron chi connectivity index (χ3n) is 6.77. The van der Waals surface area contributed by atoms with E-state index in [1.807, 2.05) is 23.6 Å². The van der Waals surface area contributed by atoms with Crippen molar-refractivity contribution in [2.75, 3.05) is 45.8 Å². The second kappa shape index (κ2) is 10.1. The molecule has 0 atom stereocenters. The van der Waals surface area contributed by atoms with E-state index in [4.69, 9.17) is 0 Å². The molecule has 32 heavy (non-hydrogen) atoms. The van der Waals surface area contributed by atoms with E-state index in [1.54, 1.807) is 10.9 Å². The number of hydrogen-bond acceptors (Lipinski definition) is 6. The highest BCUT2D eigenvalue weighted by atomic mass is 32.1. The van der Waals surface area contributed by atoms with Gasteiger partial charge in [0.25, 0.3) is 5.56 Å². The summed E-state index contributed by atoms with van der Waals surface area (Å²) in [4.78, 5) is 50.4. The number of carbonyl (C=O) groups is 2. The predicted octanol–water partition coefficient (Wildman–Crippen LogP) is 2.01. The highest BCUT2D eigenvalue weighted by Gasteiger charge is 2.24. The van der Waals surface area contributed by atoms with Gasteiger partial charge in [-0.15, -0.1) is 11.3 Å².